The van der Waals surface area contributed by atoms with E-state index in [1.807, 2.05) is 13.8 Å². The van der Waals surface area contributed by atoms with Crippen molar-refractivity contribution in [2.45, 2.75) is 34.6 Å². The van der Waals surface area contributed by atoms with E-state index in [9.17, 15) is 14.0 Å². The Balaban J connectivity index is 1.87. The van der Waals surface area contributed by atoms with Crippen LogP contribution in [0.15, 0.2) is 23.2 Å². The molecule has 188 valence electrons. The summed E-state index contributed by atoms with van der Waals surface area (Å²) >= 11 is 0. The predicted molar refractivity (Wildman–Crippen MR) is 134 cm³/mol. The molecule has 2 aromatic rings. The number of carbonyl (C=O) groups excluding carboxylic acids is 2. The Morgan fingerprint density at radius 2 is 1.94 bits per heavy atom. The van der Waals surface area contributed by atoms with Gasteiger partial charge in [-0.05, 0) is 63.7 Å². The number of amides is 1. The number of hydrogen-bond acceptors (Lipinski definition) is 6. The molecule has 0 aliphatic carbocycles. The normalized spacial score (nSPS) is 13.7. The van der Waals surface area contributed by atoms with E-state index in [1.54, 1.807) is 19.1 Å². The Morgan fingerprint density at radius 3 is 2.63 bits per heavy atom. The van der Waals surface area contributed by atoms with Gasteiger partial charge in [-0.15, -0.1) is 0 Å². The quantitative estimate of drug-likeness (QED) is 0.497. The minimum atomic E-state index is -0.521. The molecule has 1 aromatic heterocycles. The van der Waals surface area contributed by atoms with Gasteiger partial charge < -0.3 is 24.7 Å². The van der Waals surface area contributed by atoms with Crippen LogP contribution in [0.2, 0.25) is 0 Å². The molecule has 2 heterocycles. The van der Waals surface area contributed by atoms with Gasteiger partial charge in [0, 0.05) is 35.6 Å². The number of nitrogens with one attached hydrogen (secondary N) is 2. The number of aromatic nitrogens is 1. The third-order valence-corrected chi connectivity index (χ3v) is 5.93. The van der Waals surface area contributed by atoms with Crippen LogP contribution in [0.5, 0.6) is 0 Å². The SMILES string of the molecule is CCOC(=O)COC1=Nc2ccc(F)cc2/C1=C/c1[nH]c(C)c(C(=O)NCCN(CC)CC)c1C. The molecule has 0 unspecified atom stereocenters. The van der Waals surface area contributed by atoms with Crippen LogP contribution >= 0.6 is 0 Å². The van der Waals surface area contributed by atoms with Gasteiger partial charge in [0.25, 0.3) is 5.91 Å². The second-order valence-electron chi connectivity index (χ2n) is 8.18. The first-order valence-corrected chi connectivity index (χ1v) is 11.9. The van der Waals surface area contributed by atoms with E-state index in [0.29, 0.717) is 34.6 Å². The second-order valence-corrected chi connectivity index (χ2v) is 8.18. The average Bonchev–Trinajstić information content (AvgIpc) is 3.31. The molecule has 8 nitrogen and oxygen atoms in total. The Hall–Kier alpha value is -3.46. The highest BCUT2D eigenvalue weighted by atomic mass is 19.1. The van der Waals surface area contributed by atoms with Crippen LogP contribution in [0.4, 0.5) is 10.1 Å². The largest absolute Gasteiger partial charge is 0.465 e. The van der Waals surface area contributed by atoms with Crippen LogP contribution in [0.3, 0.4) is 0 Å². The number of carbonyl (C=O) groups is 2. The average molecular weight is 485 g/mol. The van der Waals surface area contributed by atoms with Crippen LogP contribution in [-0.2, 0) is 14.3 Å². The Kier molecular flexibility index (Phi) is 8.81. The third-order valence-electron chi connectivity index (χ3n) is 5.93. The number of likely N-dealkylation sites (N-methyl/N-ethyl adjacent to an activating group) is 1. The van der Waals surface area contributed by atoms with Gasteiger partial charge in [0.15, 0.2) is 6.61 Å². The van der Waals surface area contributed by atoms with Crippen LogP contribution < -0.4 is 5.32 Å². The van der Waals surface area contributed by atoms with Crippen LogP contribution in [0.25, 0.3) is 11.6 Å². The fourth-order valence-electron chi connectivity index (χ4n) is 4.04. The zero-order valence-electron chi connectivity index (χ0n) is 21.0. The predicted octanol–water partition coefficient (Wildman–Crippen LogP) is 4.01. The lowest BCUT2D eigenvalue weighted by molar-refractivity contribution is -0.145. The van der Waals surface area contributed by atoms with Crippen LogP contribution in [0, 0.1) is 19.7 Å². The number of rotatable bonds is 10. The third kappa shape index (κ3) is 6.16. The van der Waals surface area contributed by atoms with E-state index in [4.69, 9.17) is 9.47 Å². The molecule has 0 atom stereocenters. The summed E-state index contributed by atoms with van der Waals surface area (Å²) in [5.41, 5.74) is 4.31. The Morgan fingerprint density at radius 1 is 1.20 bits per heavy atom. The summed E-state index contributed by atoms with van der Waals surface area (Å²) in [6, 6.07) is 4.25. The van der Waals surface area contributed by atoms with Crippen molar-refractivity contribution in [1.82, 2.24) is 15.2 Å². The van der Waals surface area contributed by atoms with Gasteiger partial charge in [0.2, 0.25) is 5.90 Å². The number of benzene rings is 1. The standard InChI is InChI=1S/C26H33FN4O4/c1-6-31(7-2)12-11-28-25(33)24-16(4)22(29-17(24)5)14-20-19-13-18(27)9-10-21(19)30-26(20)35-15-23(32)34-8-3/h9-10,13-14,29H,6-8,11-12,15H2,1-5H3,(H,28,33)/b20-14-. The topological polar surface area (TPSA) is 96.0 Å². The minimum Gasteiger partial charge on any atom is -0.465 e. The van der Waals surface area contributed by atoms with Gasteiger partial charge in [-0.3, -0.25) is 4.79 Å². The molecule has 2 N–H and O–H groups in total. The first-order chi connectivity index (χ1) is 16.8. The van der Waals surface area contributed by atoms with Crippen LogP contribution in [0.1, 0.15) is 53.6 Å². The van der Waals surface area contributed by atoms with Crippen molar-refractivity contribution in [1.29, 1.82) is 0 Å². The summed E-state index contributed by atoms with van der Waals surface area (Å²) in [5.74, 6) is -0.898. The van der Waals surface area contributed by atoms with Crippen molar-refractivity contribution < 1.29 is 23.5 Å². The number of esters is 1. The molecule has 0 saturated heterocycles. The number of halogens is 1. The lowest BCUT2D eigenvalue weighted by Gasteiger charge is -2.18. The number of hydrogen-bond donors (Lipinski definition) is 2. The van der Waals surface area contributed by atoms with Gasteiger partial charge >= 0.3 is 5.97 Å². The van der Waals surface area contributed by atoms with Crippen molar-refractivity contribution in [3.63, 3.8) is 0 Å². The summed E-state index contributed by atoms with van der Waals surface area (Å²) in [5, 5.41) is 2.99. The molecular formula is C26H33FN4O4. The lowest BCUT2D eigenvalue weighted by atomic mass is 10.0. The maximum absolute atomic E-state index is 14.0. The summed E-state index contributed by atoms with van der Waals surface area (Å²) in [6.45, 7) is 12.7. The van der Waals surface area contributed by atoms with Gasteiger partial charge in [-0.2, -0.15) is 0 Å². The number of H-pyrrole nitrogens is 1. The van der Waals surface area contributed by atoms with Crippen molar-refractivity contribution in [2.24, 2.45) is 4.99 Å². The van der Waals surface area contributed by atoms with Crippen molar-refractivity contribution in [2.75, 3.05) is 39.4 Å². The summed E-state index contributed by atoms with van der Waals surface area (Å²) in [4.78, 5) is 34.6. The maximum atomic E-state index is 14.0. The summed E-state index contributed by atoms with van der Waals surface area (Å²) in [6.07, 6.45) is 1.77. The summed E-state index contributed by atoms with van der Waals surface area (Å²) < 4.78 is 24.6. The number of aliphatic imine (C=N–C) groups is 1. The van der Waals surface area contributed by atoms with Gasteiger partial charge in [-0.25, -0.2) is 14.2 Å². The molecule has 0 fully saturated rings. The monoisotopic (exact) mass is 484 g/mol. The minimum absolute atomic E-state index is 0.154. The Labute approximate surface area is 205 Å². The smallest absolute Gasteiger partial charge is 0.344 e. The first kappa shape index (κ1) is 26.2. The zero-order valence-corrected chi connectivity index (χ0v) is 21.0. The highest BCUT2D eigenvalue weighted by molar-refractivity contribution is 6.29. The van der Waals surface area contributed by atoms with Gasteiger partial charge in [0.05, 0.1) is 17.9 Å². The van der Waals surface area contributed by atoms with Gasteiger partial charge in [0.1, 0.15) is 5.82 Å². The zero-order chi connectivity index (χ0) is 25.5. The Bertz CT molecular complexity index is 1150. The number of fused-ring (bicyclic) bond motifs is 1. The highest BCUT2D eigenvalue weighted by Gasteiger charge is 2.26. The number of nitrogens with zero attached hydrogens (tertiary/aromatic N) is 2. The molecule has 0 saturated carbocycles. The fraction of sp³-hybridized carbons (Fsp3) is 0.423. The molecule has 1 amide bonds. The van der Waals surface area contributed by atoms with E-state index < -0.39 is 11.8 Å². The molecule has 0 bridgehead atoms. The molecule has 9 heteroatoms. The van der Waals surface area contributed by atoms with Crippen molar-refractivity contribution in [3.8, 4) is 0 Å². The van der Waals surface area contributed by atoms with E-state index in [2.05, 4.69) is 34.0 Å². The molecule has 0 spiro atoms. The van der Waals surface area contributed by atoms with E-state index in [-0.39, 0.29) is 25.0 Å². The first-order valence-electron chi connectivity index (χ1n) is 11.9. The molecule has 35 heavy (non-hydrogen) atoms. The molecule has 1 aliphatic heterocycles. The van der Waals surface area contributed by atoms with E-state index in [0.717, 1.165) is 30.9 Å². The number of ether oxygens (including phenoxy) is 2. The molecular weight excluding hydrogens is 451 g/mol. The van der Waals surface area contributed by atoms with Crippen molar-refractivity contribution in [3.05, 3.63) is 52.1 Å². The molecule has 1 aliphatic rings. The molecule has 0 radical (unpaired) electrons. The fourth-order valence-corrected chi connectivity index (χ4v) is 4.04. The summed E-state index contributed by atoms with van der Waals surface area (Å²) in [7, 11) is 0. The highest BCUT2D eigenvalue weighted by Crippen LogP contribution is 2.37. The molecule has 1 aromatic carbocycles. The second kappa shape index (κ2) is 11.8. The van der Waals surface area contributed by atoms with E-state index in [1.165, 1.54) is 12.1 Å². The maximum Gasteiger partial charge on any atom is 0.344 e. The van der Waals surface area contributed by atoms with Crippen molar-refractivity contribution >= 4 is 35.1 Å². The van der Waals surface area contributed by atoms with Gasteiger partial charge in [-0.1, -0.05) is 13.8 Å². The number of aryl methyl sites for hydroxylation is 1. The van der Waals surface area contributed by atoms with E-state index >= 15 is 0 Å². The molecule has 3 rings (SSSR count). The lowest BCUT2D eigenvalue weighted by Crippen LogP contribution is -2.35. The van der Waals surface area contributed by atoms with Crippen LogP contribution in [-0.4, -0.2) is 67.1 Å². The number of aromatic amines is 1.